The second kappa shape index (κ2) is 5.84. The highest BCUT2D eigenvalue weighted by Gasteiger charge is 2.13. The first-order valence-electron chi connectivity index (χ1n) is 6.01. The van der Waals surface area contributed by atoms with Gasteiger partial charge in [-0.1, -0.05) is 13.0 Å². The molecule has 1 aromatic heterocycles. The molecule has 0 radical (unpaired) electrons. The van der Waals surface area contributed by atoms with Crippen LogP contribution in [0.15, 0.2) is 35.7 Å². The van der Waals surface area contributed by atoms with Gasteiger partial charge in [-0.2, -0.15) is 0 Å². The zero-order valence-corrected chi connectivity index (χ0v) is 11.3. The van der Waals surface area contributed by atoms with Crippen molar-refractivity contribution < 1.29 is 9.18 Å². The number of anilines is 1. The van der Waals surface area contributed by atoms with E-state index in [0.717, 1.165) is 11.3 Å². The van der Waals surface area contributed by atoms with E-state index in [1.807, 2.05) is 24.4 Å². The van der Waals surface area contributed by atoms with Crippen LogP contribution in [0.5, 0.6) is 0 Å². The van der Waals surface area contributed by atoms with E-state index in [1.54, 1.807) is 11.3 Å². The van der Waals surface area contributed by atoms with Crippen molar-refractivity contribution in [1.29, 1.82) is 0 Å². The Balaban J connectivity index is 2.26. The zero-order chi connectivity index (χ0) is 13.8. The molecule has 2 aromatic rings. The van der Waals surface area contributed by atoms with Crippen LogP contribution in [0, 0.1) is 5.82 Å². The van der Waals surface area contributed by atoms with Gasteiger partial charge in [-0.05, 0) is 36.1 Å². The molecule has 5 heteroatoms. The number of nitrogens with two attached hydrogens (primary N) is 1. The number of nitrogens with one attached hydrogen (secondary N) is 1. The van der Waals surface area contributed by atoms with Crippen molar-refractivity contribution in [1.82, 2.24) is 0 Å². The van der Waals surface area contributed by atoms with E-state index in [-0.39, 0.29) is 11.9 Å². The van der Waals surface area contributed by atoms with Crippen LogP contribution in [-0.4, -0.2) is 5.91 Å². The highest BCUT2D eigenvalue weighted by molar-refractivity contribution is 7.10. The number of primary amides is 1. The largest absolute Gasteiger partial charge is 0.375 e. The van der Waals surface area contributed by atoms with Crippen molar-refractivity contribution in [2.75, 3.05) is 5.32 Å². The second-order valence-corrected chi connectivity index (χ2v) is 5.16. The van der Waals surface area contributed by atoms with Gasteiger partial charge in [0.2, 0.25) is 5.91 Å². The summed E-state index contributed by atoms with van der Waals surface area (Å²) in [6.45, 7) is 2.02. The van der Waals surface area contributed by atoms with Gasteiger partial charge < -0.3 is 11.1 Å². The Kier molecular flexibility index (Phi) is 4.16. The van der Waals surface area contributed by atoms with E-state index in [9.17, 15) is 9.18 Å². The standard InChI is InChI=1S/C14H15FN2OS/c1-2-11(13-4-3-7-19-13)17-12-8-9(14(16)18)5-6-10(12)15/h3-8,11,17H,2H2,1H3,(H2,16,18). The molecule has 0 spiro atoms. The number of amides is 1. The molecule has 0 saturated heterocycles. The second-order valence-electron chi connectivity index (χ2n) is 4.18. The number of carbonyl (C=O) groups is 1. The van der Waals surface area contributed by atoms with Crippen molar-refractivity contribution >= 4 is 22.9 Å². The number of benzene rings is 1. The Morgan fingerprint density at radius 1 is 1.47 bits per heavy atom. The summed E-state index contributed by atoms with van der Waals surface area (Å²) in [7, 11) is 0. The fourth-order valence-electron chi connectivity index (χ4n) is 1.84. The predicted molar refractivity (Wildman–Crippen MR) is 75.9 cm³/mol. The van der Waals surface area contributed by atoms with Gasteiger partial charge in [0.1, 0.15) is 5.82 Å². The van der Waals surface area contributed by atoms with E-state index in [2.05, 4.69) is 5.32 Å². The van der Waals surface area contributed by atoms with E-state index in [0.29, 0.717) is 11.3 Å². The molecule has 2 rings (SSSR count). The summed E-state index contributed by atoms with van der Waals surface area (Å²) >= 11 is 1.61. The summed E-state index contributed by atoms with van der Waals surface area (Å²) in [5, 5.41) is 5.10. The van der Waals surface area contributed by atoms with Crippen molar-refractivity contribution in [3.63, 3.8) is 0 Å². The molecule has 1 aromatic carbocycles. The molecule has 0 aliphatic heterocycles. The summed E-state index contributed by atoms with van der Waals surface area (Å²) < 4.78 is 13.8. The van der Waals surface area contributed by atoms with Crippen molar-refractivity contribution in [3.8, 4) is 0 Å². The molecule has 0 saturated carbocycles. The minimum atomic E-state index is -0.563. The summed E-state index contributed by atoms with van der Waals surface area (Å²) in [5.41, 5.74) is 5.80. The number of thiophene rings is 1. The maximum absolute atomic E-state index is 13.8. The predicted octanol–water partition coefficient (Wildman–Crippen LogP) is 3.55. The maximum Gasteiger partial charge on any atom is 0.248 e. The van der Waals surface area contributed by atoms with Crippen molar-refractivity contribution in [2.24, 2.45) is 5.73 Å². The lowest BCUT2D eigenvalue weighted by Gasteiger charge is -2.17. The van der Waals surface area contributed by atoms with Crippen LogP contribution in [0.25, 0.3) is 0 Å². The minimum absolute atomic E-state index is 0.0256. The Morgan fingerprint density at radius 3 is 2.84 bits per heavy atom. The molecule has 1 unspecified atom stereocenters. The average molecular weight is 278 g/mol. The minimum Gasteiger partial charge on any atom is -0.375 e. The average Bonchev–Trinajstić information content (AvgIpc) is 2.91. The van der Waals surface area contributed by atoms with Crippen LogP contribution in [0.1, 0.15) is 34.6 Å². The molecular weight excluding hydrogens is 263 g/mol. The monoisotopic (exact) mass is 278 g/mol. The summed E-state index contributed by atoms with van der Waals surface area (Å²) in [5.74, 6) is -0.952. The van der Waals surface area contributed by atoms with Crippen LogP contribution in [0.2, 0.25) is 0 Å². The van der Waals surface area contributed by atoms with Gasteiger partial charge in [0, 0.05) is 10.4 Å². The van der Waals surface area contributed by atoms with Crippen LogP contribution >= 0.6 is 11.3 Å². The lowest BCUT2D eigenvalue weighted by atomic mass is 10.1. The quantitative estimate of drug-likeness (QED) is 0.878. The third-order valence-electron chi connectivity index (χ3n) is 2.88. The maximum atomic E-state index is 13.8. The van der Waals surface area contributed by atoms with E-state index < -0.39 is 5.91 Å². The van der Waals surface area contributed by atoms with Gasteiger partial charge >= 0.3 is 0 Å². The van der Waals surface area contributed by atoms with Crippen LogP contribution in [0.3, 0.4) is 0 Å². The van der Waals surface area contributed by atoms with Gasteiger partial charge in [0.25, 0.3) is 0 Å². The van der Waals surface area contributed by atoms with Crippen molar-refractivity contribution in [2.45, 2.75) is 19.4 Å². The van der Waals surface area contributed by atoms with Crippen LogP contribution in [0.4, 0.5) is 10.1 Å². The molecular formula is C14H15FN2OS. The van der Waals surface area contributed by atoms with Gasteiger partial charge in [0.15, 0.2) is 0 Å². The lowest BCUT2D eigenvalue weighted by molar-refractivity contribution is 0.100. The summed E-state index contributed by atoms with van der Waals surface area (Å²) in [6.07, 6.45) is 0.820. The smallest absolute Gasteiger partial charge is 0.248 e. The summed E-state index contributed by atoms with van der Waals surface area (Å²) in [6, 6.07) is 8.08. The number of hydrogen-bond acceptors (Lipinski definition) is 3. The van der Waals surface area contributed by atoms with Crippen LogP contribution in [-0.2, 0) is 0 Å². The Labute approximate surface area is 115 Å². The Bertz CT molecular complexity index is 569. The molecule has 1 atom stereocenters. The zero-order valence-electron chi connectivity index (χ0n) is 10.5. The van der Waals surface area contributed by atoms with Gasteiger partial charge in [-0.3, -0.25) is 4.79 Å². The molecule has 3 nitrogen and oxygen atoms in total. The Morgan fingerprint density at radius 2 is 2.26 bits per heavy atom. The molecule has 1 heterocycles. The topological polar surface area (TPSA) is 55.1 Å². The highest BCUT2D eigenvalue weighted by Crippen LogP contribution is 2.27. The van der Waals surface area contributed by atoms with Gasteiger partial charge in [-0.25, -0.2) is 4.39 Å². The third kappa shape index (κ3) is 3.12. The number of rotatable bonds is 5. The van der Waals surface area contributed by atoms with Gasteiger partial charge in [0.05, 0.1) is 11.7 Å². The number of carbonyl (C=O) groups excluding carboxylic acids is 1. The van der Waals surface area contributed by atoms with Crippen LogP contribution < -0.4 is 11.1 Å². The molecule has 0 aliphatic rings. The van der Waals surface area contributed by atoms with E-state index >= 15 is 0 Å². The highest BCUT2D eigenvalue weighted by atomic mass is 32.1. The first-order chi connectivity index (χ1) is 9.11. The first-order valence-corrected chi connectivity index (χ1v) is 6.89. The fraction of sp³-hybridized carbons (Fsp3) is 0.214. The van der Waals surface area contributed by atoms with E-state index in [4.69, 9.17) is 5.73 Å². The number of halogens is 1. The molecule has 0 aliphatic carbocycles. The normalized spacial score (nSPS) is 12.1. The van der Waals surface area contributed by atoms with E-state index in [1.165, 1.54) is 18.2 Å². The Hall–Kier alpha value is -1.88. The molecule has 100 valence electrons. The third-order valence-corrected chi connectivity index (χ3v) is 3.86. The molecule has 3 N–H and O–H groups in total. The van der Waals surface area contributed by atoms with Crippen molar-refractivity contribution in [3.05, 3.63) is 52.0 Å². The number of hydrogen-bond donors (Lipinski definition) is 2. The van der Waals surface area contributed by atoms with Gasteiger partial charge in [-0.15, -0.1) is 11.3 Å². The summed E-state index contributed by atoms with van der Waals surface area (Å²) in [4.78, 5) is 12.3. The SMILES string of the molecule is CCC(Nc1cc(C(N)=O)ccc1F)c1cccs1. The molecule has 1 amide bonds. The molecule has 19 heavy (non-hydrogen) atoms. The molecule has 0 fully saturated rings. The lowest BCUT2D eigenvalue weighted by Crippen LogP contribution is -2.13. The fourth-order valence-corrected chi connectivity index (χ4v) is 2.70. The molecule has 0 bridgehead atoms. The first kappa shape index (κ1) is 13.5.